The van der Waals surface area contributed by atoms with Gasteiger partial charge in [0.2, 0.25) is 5.91 Å². The molecule has 0 saturated carbocycles. The molecular weight excluding hydrogens is 380 g/mol. The minimum absolute atomic E-state index is 0.246. The molecule has 0 bridgehead atoms. The average Bonchev–Trinajstić information content (AvgIpc) is 2.79. The second-order valence-electron chi connectivity index (χ2n) is 5.82. The molecule has 1 aromatic rings. The van der Waals surface area contributed by atoms with Crippen LogP contribution >= 0.6 is 15.9 Å². The second-order valence-corrected chi connectivity index (χ2v) is 6.74. The SMILES string of the molecule is O=C(O)C1CCCCN1C(=O)CN1C(=O)c2ccc(Br)cc2C1=O. The Kier molecular flexibility index (Phi) is 4.40. The number of benzene rings is 1. The zero-order valence-electron chi connectivity index (χ0n) is 12.7. The molecule has 24 heavy (non-hydrogen) atoms. The summed E-state index contributed by atoms with van der Waals surface area (Å²) in [4.78, 5) is 50.7. The van der Waals surface area contributed by atoms with E-state index < -0.39 is 36.3 Å². The van der Waals surface area contributed by atoms with Crippen molar-refractivity contribution in [2.24, 2.45) is 0 Å². The first-order valence-electron chi connectivity index (χ1n) is 7.58. The number of carboxylic acids is 1. The Morgan fingerprint density at radius 2 is 1.88 bits per heavy atom. The van der Waals surface area contributed by atoms with Crippen LogP contribution in [0.3, 0.4) is 0 Å². The number of hydrogen-bond acceptors (Lipinski definition) is 4. The molecule has 0 spiro atoms. The first-order chi connectivity index (χ1) is 11.4. The summed E-state index contributed by atoms with van der Waals surface area (Å²) < 4.78 is 0.664. The largest absolute Gasteiger partial charge is 0.480 e. The number of amides is 3. The molecule has 0 aliphatic carbocycles. The highest BCUT2D eigenvalue weighted by atomic mass is 79.9. The number of nitrogens with zero attached hydrogens (tertiary/aromatic N) is 2. The molecule has 1 unspecified atom stereocenters. The molecule has 1 aromatic carbocycles. The maximum atomic E-state index is 12.5. The fraction of sp³-hybridized carbons (Fsp3) is 0.375. The van der Waals surface area contributed by atoms with Crippen LogP contribution in [0.2, 0.25) is 0 Å². The van der Waals surface area contributed by atoms with Gasteiger partial charge in [-0.3, -0.25) is 19.3 Å². The van der Waals surface area contributed by atoms with Gasteiger partial charge in [-0.1, -0.05) is 15.9 Å². The number of halogens is 1. The summed E-state index contributed by atoms with van der Waals surface area (Å²) in [6.07, 6.45) is 1.84. The van der Waals surface area contributed by atoms with Crippen LogP contribution in [0.4, 0.5) is 0 Å². The standard InChI is InChI=1S/C16H15BrN2O5/c17-9-4-5-10-11(7-9)15(22)19(14(10)21)8-13(20)18-6-2-1-3-12(18)16(23)24/h4-5,7,12H,1-3,6,8H2,(H,23,24). The van der Waals surface area contributed by atoms with E-state index in [2.05, 4.69) is 15.9 Å². The molecule has 0 aromatic heterocycles. The monoisotopic (exact) mass is 394 g/mol. The molecule has 1 fully saturated rings. The zero-order valence-corrected chi connectivity index (χ0v) is 14.3. The van der Waals surface area contributed by atoms with E-state index in [9.17, 15) is 24.3 Å². The van der Waals surface area contributed by atoms with E-state index in [0.29, 0.717) is 23.9 Å². The fourth-order valence-corrected chi connectivity index (χ4v) is 3.48. The van der Waals surface area contributed by atoms with Gasteiger partial charge in [0, 0.05) is 11.0 Å². The lowest BCUT2D eigenvalue weighted by molar-refractivity contribution is -0.152. The molecule has 2 aliphatic rings. The first kappa shape index (κ1) is 16.6. The highest BCUT2D eigenvalue weighted by Gasteiger charge is 2.39. The quantitative estimate of drug-likeness (QED) is 0.783. The summed E-state index contributed by atoms with van der Waals surface area (Å²) >= 11 is 3.25. The number of carbonyl (C=O) groups is 4. The van der Waals surface area contributed by atoms with Crippen molar-refractivity contribution in [2.45, 2.75) is 25.3 Å². The Bertz CT molecular complexity index is 748. The fourth-order valence-electron chi connectivity index (χ4n) is 3.12. The average molecular weight is 395 g/mol. The third kappa shape index (κ3) is 2.82. The lowest BCUT2D eigenvalue weighted by atomic mass is 10.0. The van der Waals surface area contributed by atoms with E-state index in [4.69, 9.17) is 0 Å². The van der Waals surface area contributed by atoms with Gasteiger partial charge in [-0.25, -0.2) is 4.79 Å². The molecule has 3 rings (SSSR count). The second kappa shape index (κ2) is 6.35. The Balaban J connectivity index is 1.79. The van der Waals surface area contributed by atoms with Crippen LogP contribution in [0.1, 0.15) is 40.0 Å². The minimum atomic E-state index is -1.06. The summed E-state index contributed by atoms with van der Waals surface area (Å²) in [5, 5.41) is 9.25. The number of likely N-dealkylation sites (tertiary alicyclic amines) is 1. The molecule has 3 amide bonds. The van der Waals surface area contributed by atoms with Gasteiger partial charge in [0.15, 0.2) is 0 Å². The molecule has 1 saturated heterocycles. The molecular formula is C16H15BrN2O5. The van der Waals surface area contributed by atoms with Crippen molar-refractivity contribution in [2.75, 3.05) is 13.1 Å². The molecule has 126 valence electrons. The van der Waals surface area contributed by atoms with E-state index in [-0.39, 0.29) is 11.1 Å². The number of carboxylic acid groups (broad SMARTS) is 1. The Morgan fingerprint density at radius 3 is 2.58 bits per heavy atom. The van der Waals surface area contributed by atoms with Gasteiger partial charge in [0.1, 0.15) is 12.6 Å². The van der Waals surface area contributed by atoms with Gasteiger partial charge < -0.3 is 10.0 Å². The molecule has 2 heterocycles. The molecule has 1 atom stereocenters. The number of aliphatic carboxylic acids is 1. The van der Waals surface area contributed by atoms with Crippen LogP contribution < -0.4 is 0 Å². The Morgan fingerprint density at radius 1 is 1.17 bits per heavy atom. The van der Waals surface area contributed by atoms with Gasteiger partial charge in [0.25, 0.3) is 11.8 Å². The van der Waals surface area contributed by atoms with Gasteiger partial charge in [-0.15, -0.1) is 0 Å². The van der Waals surface area contributed by atoms with Gasteiger partial charge in [-0.2, -0.15) is 0 Å². The van der Waals surface area contributed by atoms with E-state index in [1.165, 1.54) is 11.0 Å². The topological polar surface area (TPSA) is 95.0 Å². The smallest absolute Gasteiger partial charge is 0.326 e. The maximum Gasteiger partial charge on any atom is 0.326 e. The van der Waals surface area contributed by atoms with Gasteiger partial charge in [-0.05, 0) is 37.5 Å². The van der Waals surface area contributed by atoms with E-state index in [1.807, 2.05) is 0 Å². The zero-order chi connectivity index (χ0) is 17.4. The van der Waals surface area contributed by atoms with E-state index in [1.54, 1.807) is 12.1 Å². The molecule has 8 heteroatoms. The van der Waals surface area contributed by atoms with Crippen LogP contribution in [0.5, 0.6) is 0 Å². The normalized spacial score (nSPS) is 20.3. The minimum Gasteiger partial charge on any atom is -0.480 e. The van der Waals surface area contributed by atoms with E-state index >= 15 is 0 Å². The number of fused-ring (bicyclic) bond motifs is 1. The summed E-state index contributed by atoms with van der Waals surface area (Å²) in [6.45, 7) is -0.113. The van der Waals surface area contributed by atoms with Crippen molar-refractivity contribution in [3.8, 4) is 0 Å². The van der Waals surface area contributed by atoms with Crippen molar-refractivity contribution in [3.63, 3.8) is 0 Å². The van der Waals surface area contributed by atoms with Crippen LogP contribution in [0, 0.1) is 0 Å². The van der Waals surface area contributed by atoms with E-state index in [0.717, 1.165) is 11.3 Å². The number of piperidine rings is 1. The predicted octanol–water partition coefficient (Wildman–Crippen LogP) is 1.51. The van der Waals surface area contributed by atoms with Gasteiger partial charge >= 0.3 is 5.97 Å². The predicted molar refractivity (Wildman–Crippen MR) is 86.5 cm³/mol. The number of carbonyl (C=O) groups excluding carboxylic acids is 3. The van der Waals surface area contributed by atoms with Crippen molar-refractivity contribution in [1.29, 1.82) is 0 Å². The highest BCUT2D eigenvalue weighted by Crippen LogP contribution is 2.26. The Labute approximate surface area is 146 Å². The maximum absolute atomic E-state index is 12.5. The molecule has 7 nitrogen and oxygen atoms in total. The van der Waals surface area contributed by atoms with Crippen molar-refractivity contribution in [3.05, 3.63) is 33.8 Å². The summed E-state index contributed by atoms with van der Waals surface area (Å²) in [5.74, 6) is -2.64. The lowest BCUT2D eigenvalue weighted by Crippen LogP contribution is -2.51. The first-order valence-corrected chi connectivity index (χ1v) is 8.37. The van der Waals surface area contributed by atoms with Crippen molar-refractivity contribution < 1.29 is 24.3 Å². The summed E-state index contributed by atoms with van der Waals surface area (Å²) in [7, 11) is 0. The third-order valence-corrected chi connectivity index (χ3v) is 4.83. The molecule has 1 N–H and O–H groups in total. The lowest BCUT2D eigenvalue weighted by Gasteiger charge is -2.33. The van der Waals surface area contributed by atoms with Crippen molar-refractivity contribution in [1.82, 2.24) is 9.80 Å². The number of hydrogen-bond donors (Lipinski definition) is 1. The van der Waals surface area contributed by atoms with Crippen LogP contribution in [0.25, 0.3) is 0 Å². The number of rotatable bonds is 3. The third-order valence-electron chi connectivity index (χ3n) is 4.33. The van der Waals surface area contributed by atoms with Crippen LogP contribution in [-0.2, 0) is 9.59 Å². The van der Waals surface area contributed by atoms with Gasteiger partial charge in [0.05, 0.1) is 11.1 Å². The highest BCUT2D eigenvalue weighted by molar-refractivity contribution is 9.10. The Hall–Kier alpha value is -2.22. The molecule has 0 radical (unpaired) electrons. The van der Waals surface area contributed by atoms with Crippen LogP contribution in [-0.4, -0.2) is 57.7 Å². The summed E-state index contributed by atoms with van der Waals surface area (Å²) in [5.41, 5.74) is 0.500. The summed E-state index contributed by atoms with van der Waals surface area (Å²) in [6, 6.07) is 3.84. The molecule has 2 aliphatic heterocycles. The van der Waals surface area contributed by atoms with Crippen molar-refractivity contribution >= 4 is 39.6 Å². The number of imide groups is 1. The van der Waals surface area contributed by atoms with Crippen LogP contribution in [0.15, 0.2) is 22.7 Å².